The Morgan fingerprint density at radius 1 is 1.00 bits per heavy atom. The Labute approximate surface area is 134 Å². The summed E-state index contributed by atoms with van der Waals surface area (Å²) >= 11 is 0. The minimum Gasteiger partial charge on any atom is -0.481 e. The quantitative estimate of drug-likeness (QED) is 0.728. The summed E-state index contributed by atoms with van der Waals surface area (Å²) in [7, 11) is 0. The molecule has 0 heterocycles. The smallest absolute Gasteiger partial charge is 0.307 e. The minimum atomic E-state index is -0.952. The van der Waals surface area contributed by atoms with Crippen LogP contribution in [-0.2, 0) is 14.4 Å². The Morgan fingerprint density at radius 3 is 2.04 bits per heavy atom. The van der Waals surface area contributed by atoms with E-state index in [1.165, 1.54) is 0 Å². The molecule has 1 aromatic carbocycles. The van der Waals surface area contributed by atoms with Crippen molar-refractivity contribution in [2.24, 2.45) is 11.8 Å². The lowest BCUT2D eigenvalue weighted by Crippen LogP contribution is -2.34. The molecule has 2 amide bonds. The zero-order chi connectivity index (χ0) is 16.8. The maximum Gasteiger partial charge on any atom is 0.307 e. The van der Waals surface area contributed by atoms with Crippen LogP contribution in [0.5, 0.6) is 0 Å². The van der Waals surface area contributed by atoms with E-state index >= 15 is 0 Å². The van der Waals surface area contributed by atoms with E-state index in [2.05, 4.69) is 10.6 Å². The number of nitrogens with one attached hydrogen (secondary N) is 2. The summed E-state index contributed by atoms with van der Waals surface area (Å²) in [5.74, 6) is -2.60. The van der Waals surface area contributed by atoms with Gasteiger partial charge in [0.25, 0.3) is 0 Å². The monoisotopic (exact) mass is 316 g/mol. The number of amides is 2. The van der Waals surface area contributed by atoms with Gasteiger partial charge in [-0.2, -0.15) is 0 Å². The fourth-order valence-corrected chi connectivity index (χ4v) is 2.50. The van der Waals surface area contributed by atoms with Crippen molar-refractivity contribution in [1.29, 1.82) is 0 Å². The SMILES string of the molecule is CCC(=O)Nc1ccc(NC(=O)[C@@H]2CC=CC[C@H]2C(=O)O)cc1. The number of benzene rings is 1. The van der Waals surface area contributed by atoms with E-state index in [9.17, 15) is 19.5 Å². The predicted molar refractivity (Wildman–Crippen MR) is 87.0 cm³/mol. The second kappa shape index (κ2) is 7.58. The number of allylic oxidation sites excluding steroid dienone is 2. The molecule has 0 saturated heterocycles. The molecule has 1 aliphatic rings. The van der Waals surface area contributed by atoms with Crippen LogP contribution in [0.15, 0.2) is 36.4 Å². The van der Waals surface area contributed by atoms with Crippen LogP contribution in [0.2, 0.25) is 0 Å². The fraction of sp³-hybridized carbons (Fsp3) is 0.353. The van der Waals surface area contributed by atoms with Crippen LogP contribution in [-0.4, -0.2) is 22.9 Å². The van der Waals surface area contributed by atoms with Crippen molar-refractivity contribution >= 4 is 29.2 Å². The molecule has 0 bridgehead atoms. The average molecular weight is 316 g/mol. The molecule has 2 rings (SSSR count). The Hall–Kier alpha value is -2.63. The van der Waals surface area contributed by atoms with Gasteiger partial charge in [-0.3, -0.25) is 14.4 Å². The highest BCUT2D eigenvalue weighted by Gasteiger charge is 2.33. The average Bonchev–Trinajstić information content (AvgIpc) is 2.56. The third-order valence-corrected chi connectivity index (χ3v) is 3.84. The molecule has 2 atom stereocenters. The van der Waals surface area contributed by atoms with E-state index in [4.69, 9.17) is 0 Å². The second-order valence-corrected chi connectivity index (χ2v) is 5.46. The molecule has 1 aromatic rings. The summed E-state index contributed by atoms with van der Waals surface area (Å²) in [6.45, 7) is 1.77. The van der Waals surface area contributed by atoms with Gasteiger partial charge in [0.2, 0.25) is 11.8 Å². The van der Waals surface area contributed by atoms with Gasteiger partial charge < -0.3 is 15.7 Å². The zero-order valence-electron chi connectivity index (χ0n) is 12.9. The summed E-state index contributed by atoms with van der Waals surface area (Å²) in [5, 5.41) is 14.7. The van der Waals surface area contributed by atoms with Crippen LogP contribution < -0.4 is 10.6 Å². The van der Waals surface area contributed by atoms with Gasteiger partial charge >= 0.3 is 5.97 Å². The molecule has 122 valence electrons. The Kier molecular flexibility index (Phi) is 5.51. The number of carboxylic acids is 1. The van der Waals surface area contributed by atoms with Gasteiger partial charge in [0.15, 0.2) is 0 Å². The molecule has 6 heteroatoms. The fourth-order valence-electron chi connectivity index (χ4n) is 2.50. The van der Waals surface area contributed by atoms with Crippen LogP contribution in [0.1, 0.15) is 26.2 Å². The first-order chi connectivity index (χ1) is 11.0. The lowest BCUT2D eigenvalue weighted by Gasteiger charge is -2.24. The predicted octanol–water partition coefficient (Wildman–Crippen LogP) is 2.64. The van der Waals surface area contributed by atoms with Gasteiger partial charge in [0.05, 0.1) is 11.8 Å². The number of hydrogen-bond acceptors (Lipinski definition) is 3. The molecular formula is C17H20N2O4. The van der Waals surface area contributed by atoms with Gasteiger partial charge in [0.1, 0.15) is 0 Å². The number of aliphatic carboxylic acids is 1. The molecule has 0 spiro atoms. The van der Waals surface area contributed by atoms with Gasteiger partial charge in [-0.25, -0.2) is 0 Å². The number of hydrogen-bond donors (Lipinski definition) is 3. The van der Waals surface area contributed by atoms with Crippen molar-refractivity contribution < 1.29 is 19.5 Å². The van der Waals surface area contributed by atoms with E-state index in [1.807, 2.05) is 6.08 Å². The maximum absolute atomic E-state index is 12.3. The van der Waals surface area contributed by atoms with Crippen LogP contribution >= 0.6 is 0 Å². The first-order valence-corrected chi connectivity index (χ1v) is 7.60. The first kappa shape index (κ1) is 16.7. The van der Waals surface area contributed by atoms with Crippen molar-refractivity contribution in [3.63, 3.8) is 0 Å². The van der Waals surface area contributed by atoms with Crippen LogP contribution in [0, 0.1) is 11.8 Å². The van der Waals surface area contributed by atoms with Crippen molar-refractivity contribution in [2.75, 3.05) is 10.6 Å². The number of anilines is 2. The van der Waals surface area contributed by atoms with Crippen LogP contribution in [0.4, 0.5) is 11.4 Å². The standard InChI is InChI=1S/C17H20N2O4/c1-2-15(20)18-11-7-9-12(10-8-11)19-16(21)13-5-3-4-6-14(13)17(22)23/h3-4,7-10,13-14H,2,5-6H2,1H3,(H,18,20)(H,19,21)(H,22,23)/t13-,14-/m1/s1. The highest BCUT2D eigenvalue weighted by atomic mass is 16.4. The van der Waals surface area contributed by atoms with Crippen LogP contribution in [0.25, 0.3) is 0 Å². The van der Waals surface area contributed by atoms with Gasteiger partial charge in [-0.15, -0.1) is 0 Å². The van der Waals surface area contributed by atoms with E-state index in [1.54, 1.807) is 37.3 Å². The molecule has 0 fully saturated rings. The number of carboxylic acid groups (broad SMARTS) is 1. The highest BCUT2D eigenvalue weighted by molar-refractivity contribution is 5.96. The van der Waals surface area contributed by atoms with Gasteiger partial charge in [-0.1, -0.05) is 19.1 Å². The van der Waals surface area contributed by atoms with E-state index in [-0.39, 0.29) is 11.8 Å². The molecule has 3 N–H and O–H groups in total. The number of carbonyl (C=O) groups excluding carboxylic acids is 2. The highest BCUT2D eigenvalue weighted by Crippen LogP contribution is 2.27. The molecule has 6 nitrogen and oxygen atoms in total. The lowest BCUT2D eigenvalue weighted by atomic mass is 9.82. The van der Waals surface area contributed by atoms with Crippen LogP contribution in [0.3, 0.4) is 0 Å². The van der Waals surface area contributed by atoms with E-state index < -0.39 is 17.8 Å². The third-order valence-electron chi connectivity index (χ3n) is 3.84. The molecule has 0 aliphatic heterocycles. The van der Waals surface area contributed by atoms with E-state index in [0.29, 0.717) is 30.6 Å². The molecule has 1 aliphatic carbocycles. The summed E-state index contributed by atoms with van der Waals surface area (Å²) in [6.07, 6.45) is 4.83. The van der Waals surface area contributed by atoms with Crippen molar-refractivity contribution in [3.05, 3.63) is 36.4 Å². The Morgan fingerprint density at radius 2 is 1.52 bits per heavy atom. The molecule has 0 saturated carbocycles. The number of carbonyl (C=O) groups is 3. The van der Waals surface area contributed by atoms with Crippen molar-refractivity contribution in [1.82, 2.24) is 0 Å². The molecule has 0 aromatic heterocycles. The van der Waals surface area contributed by atoms with Crippen molar-refractivity contribution in [3.8, 4) is 0 Å². The second-order valence-electron chi connectivity index (χ2n) is 5.46. The normalized spacial score (nSPS) is 19.9. The maximum atomic E-state index is 12.3. The minimum absolute atomic E-state index is 0.0833. The molecule has 0 unspecified atom stereocenters. The topological polar surface area (TPSA) is 95.5 Å². The first-order valence-electron chi connectivity index (χ1n) is 7.60. The van der Waals surface area contributed by atoms with E-state index in [0.717, 1.165) is 0 Å². The summed E-state index contributed by atoms with van der Waals surface area (Å²) < 4.78 is 0. The van der Waals surface area contributed by atoms with Gasteiger partial charge in [-0.05, 0) is 37.1 Å². The molecule has 0 radical (unpaired) electrons. The number of rotatable bonds is 5. The molecular weight excluding hydrogens is 296 g/mol. The summed E-state index contributed by atoms with van der Waals surface area (Å²) in [4.78, 5) is 34.9. The summed E-state index contributed by atoms with van der Waals surface area (Å²) in [6, 6.07) is 6.74. The molecule has 23 heavy (non-hydrogen) atoms. The third kappa shape index (κ3) is 4.42. The zero-order valence-corrected chi connectivity index (χ0v) is 12.9. The largest absolute Gasteiger partial charge is 0.481 e. The Bertz CT molecular complexity index is 622. The lowest BCUT2D eigenvalue weighted by molar-refractivity contribution is -0.146. The van der Waals surface area contributed by atoms with Crippen molar-refractivity contribution in [2.45, 2.75) is 26.2 Å². The summed E-state index contributed by atoms with van der Waals surface area (Å²) in [5.41, 5.74) is 1.22. The van der Waals surface area contributed by atoms with Gasteiger partial charge in [0, 0.05) is 17.8 Å². The Balaban J connectivity index is 2.00.